The normalized spacial score (nSPS) is 13.3. The molecule has 0 radical (unpaired) electrons. The lowest BCUT2D eigenvalue weighted by molar-refractivity contribution is 0.103. The first kappa shape index (κ1) is 16.6. The van der Waals surface area contributed by atoms with Crippen LogP contribution in [0.4, 0.5) is 5.00 Å². The van der Waals surface area contributed by atoms with E-state index in [9.17, 15) is 4.79 Å². The van der Waals surface area contributed by atoms with Gasteiger partial charge in [-0.15, -0.1) is 11.3 Å². The van der Waals surface area contributed by atoms with Crippen LogP contribution < -0.4 is 19.9 Å². The van der Waals surface area contributed by atoms with Gasteiger partial charge in [0.1, 0.15) is 0 Å². The minimum absolute atomic E-state index is 0.0915. The predicted molar refractivity (Wildman–Crippen MR) is 94.9 cm³/mol. The number of ketones is 1. The van der Waals surface area contributed by atoms with E-state index in [4.69, 9.17) is 19.9 Å². The first-order valence-corrected chi connectivity index (χ1v) is 8.67. The average molecular weight is 347 g/mol. The Morgan fingerprint density at radius 2 is 1.67 bits per heavy atom. The minimum Gasteiger partial charge on any atom is -0.493 e. The zero-order valence-electron chi connectivity index (χ0n) is 14.1. The SMILES string of the molecule is COc1cc(C(=O)c2c(N)sc3c2CCCC3)cc(OC)c1OC. The summed E-state index contributed by atoms with van der Waals surface area (Å²) >= 11 is 1.54. The maximum atomic E-state index is 13.1. The van der Waals surface area contributed by atoms with E-state index in [-0.39, 0.29) is 5.78 Å². The Hall–Kier alpha value is -2.21. The third-order valence-corrected chi connectivity index (χ3v) is 5.47. The fourth-order valence-corrected chi connectivity index (χ4v) is 4.35. The number of hydrogen-bond acceptors (Lipinski definition) is 6. The first-order valence-electron chi connectivity index (χ1n) is 7.85. The maximum Gasteiger partial charge on any atom is 0.203 e. The number of nitrogens with two attached hydrogens (primary N) is 1. The summed E-state index contributed by atoms with van der Waals surface area (Å²) in [6.45, 7) is 0. The van der Waals surface area contributed by atoms with Gasteiger partial charge in [-0.25, -0.2) is 0 Å². The molecule has 24 heavy (non-hydrogen) atoms. The van der Waals surface area contributed by atoms with E-state index in [0.29, 0.717) is 33.4 Å². The lowest BCUT2D eigenvalue weighted by Crippen LogP contribution is -2.10. The molecule has 0 saturated carbocycles. The number of ether oxygens (including phenoxy) is 3. The number of hydrogen-bond donors (Lipinski definition) is 1. The molecule has 0 unspecified atom stereocenters. The molecule has 0 fully saturated rings. The Kier molecular flexibility index (Phi) is 4.66. The van der Waals surface area contributed by atoms with E-state index < -0.39 is 0 Å². The third kappa shape index (κ3) is 2.71. The van der Waals surface area contributed by atoms with Crippen LogP contribution in [-0.2, 0) is 12.8 Å². The van der Waals surface area contributed by atoms with Gasteiger partial charge in [0, 0.05) is 10.4 Å². The Labute approximate surface area is 145 Å². The number of aryl methyl sites for hydroxylation is 1. The first-order chi connectivity index (χ1) is 11.6. The molecule has 1 heterocycles. The minimum atomic E-state index is -0.0915. The summed E-state index contributed by atoms with van der Waals surface area (Å²) in [5.74, 6) is 1.30. The van der Waals surface area contributed by atoms with Gasteiger partial charge in [-0.2, -0.15) is 0 Å². The summed E-state index contributed by atoms with van der Waals surface area (Å²) < 4.78 is 16.0. The number of thiophene rings is 1. The van der Waals surface area contributed by atoms with Gasteiger partial charge in [0.05, 0.1) is 31.9 Å². The van der Waals surface area contributed by atoms with Crippen molar-refractivity contribution in [2.24, 2.45) is 0 Å². The van der Waals surface area contributed by atoms with Crippen LogP contribution >= 0.6 is 11.3 Å². The topological polar surface area (TPSA) is 70.8 Å². The molecule has 3 rings (SSSR count). The molecule has 6 heteroatoms. The lowest BCUT2D eigenvalue weighted by atomic mass is 9.92. The Bertz CT molecular complexity index is 757. The molecule has 1 aromatic heterocycles. The lowest BCUT2D eigenvalue weighted by Gasteiger charge is -2.15. The molecule has 1 aliphatic rings. The highest BCUT2D eigenvalue weighted by atomic mass is 32.1. The number of rotatable bonds is 5. The van der Waals surface area contributed by atoms with Crippen LogP contribution in [0.2, 0.25) is 0 Å². The number of fused-ring (bicyclic) bond motifs is 1. The third-order valence-electron chi connectivity index (χ3n) is 4.35. The van der Waals surface area contributed by atoms with Crippen molar-refractivity contribution in [2.75, 3.05) is 27.1 Å². The van der Waals surface area contributed by atoms with E-state index in [2.05, 4.69) is 0 Å². The maximum absolute atomic E-state index is 13.1. The van der Waals surface area contributed by atoms with Gasteiger partial charge in [-0.3, -0.25) is 4.79 Å². The molecular formula is C18H21NO4S. The Morgan fingerprint density at radius 1 is 1.04 bits per heavy atom. The van der Waals surface area contributed by atoms with E-state index in [1.807, 2.05) is 0 Å². The van der Waals surface area contributed by atoms with Crippen molar-refractivity contribution in [3.05, 3.63) is 33.7 Å². The van der Waals surface area contributed by atoms with Gasteiger partial charge < -0.3 is 19.9 Å². The number of nitrogen functional groups attached to an aromatic ring is 1. The van der Waals surface area contributed by atoms with Crippen LogP contribution in [-0.4, -0.2) is 27.1 Å². The van der Waals surface area contributed by atoms with Crippen LogP contribution in [0.15, 0.2) is 12.1 Å². The monoisotopic (exact) mass is 347 g/mol. The second-order valence-electron chi connectivity index (χ2n) is 5.69. The Balaban J connectivity index is 2.09. The standard InChI is InChI=1S/C18H21NO4S/c1-21-12-8-10(9-13(22-2)17(12)23-3)16(20)15-11-6-4-5-7-14(11)24-18(15)19/h8-9H,4-7,19H2,1-3H3. The largest absolute Gasteiger partial charge is 0.493 e. The molecule has 1 aliphatic carbocycles. The van der Waals surface area contributed by atoms with Crippen LogP contribution in [0.25, 0.3) is 0 Å². The average Bonchev–Trinajstić information content (AvgIpc) is 2.95. The summed E-state index contributed by atoms with van der Waals surface area (Å²) in [6, 6.07) is 3.35. The van der Waals surface area contributed by atoms with E-state index in [1.165, 1.54) is 37.5 Å². The summed E-state index contributed by atoms with van der Waals surface area (Å²) in [6.07, 6.45) is 4.17. The van der Waals surface area contributed by atoms with Crippen molar-refractivity contribution in [2.45, 2.75) is 25.7 Å². The van der Waals surface area contributed by atoms with Gasteiger partial charge in [-0.05, 0) is 43.4 Å². The molecule has 2 N–H and O–H groups in total. The fraction of sp³-hybridized carbons (Fsp3) is 0.389. The summed E-state index contributed by atoms with van der Waals surface area (Å²) in [4.78, 5) is 14.4. The fourth-order valence-electron chi connectivity index (χ4n) is 3.19. The molecule has 128 valence electrons. The van der Waals surface area contributed by atoms with Crippen molar-refractivity contribution in [3.63, 3.8) is 0 Å². The van der Waals surface area contributed by atoms with Gasteiger partial charge in [-0.1, -0.05) is 0 Å². The highest BCUT2D eigenvalue weighted by Crippen LogP contribution is 2.41. The second-order valence-corrected chi connectivity index (χ2v) is 6.83. The molecule has 1 aromatic carbocycles. The highest BCUT2D eigenvalue weighted by molar-refractivity contribution is 7.16. The van der Waals surface area contributed by atoms with Crippen LogP contribution in [0.3, 0.4) is 0 Å². The van der Waals surface area contributed by atoms with Crippen molar-refractivity contribution in [1.29, 1.82) is 0 Å². The van der Waals surface area contributed by atoms with Crippen LogP contribution in [0.5, 0.6) is 17.2 Å². The van der Waals surface area contributed by atoms with Gasteiger partial charge >= 0.3 is 0 Å². The molecule has 0 spiro atoms. The van der Waals surface area contributed by atoms with E-state index in [0.717, 1.165) is 31.2 Å². The number of carbonyl (C=O) groups excluding carboxylic acids is 1. The number of carbonyl (C=O) groups is 1. The smallest absolute Gasteiger partial charge is 0.203 e. The van der Waals surface area contributed by atoms with Crippen molar-refractivity contribution in [1.82, 2.24) is 0 Å². The Morgan fingerprint density at radius 3 is 2.25 bits per heavy atom. The number of methoxy groups -OCH3 is 3. The molecule has 0 amide bonds. The zero-order valence-corrected chi connectivity index (χ0v) is 14.9. The zero-order chi connectivity index (χ0) is 17.3. The predicted octanol–water partition coefficient (Wildman–Crippen LogP) is 3.47. The quantitative estimate of drug-likeness (QED) is 0.839. The molecule has 0 atom stereocenters. The highest BCUT2D eigenvalue weighted by Gasteiger charge is 2.26. The molecule has 2 aromatic rings. The summed E-state index contributed by atoms with van der Waals surface area (Å²) in [5.41, 5.74) is 8.41. The summed E-state index contributed by atoms with van der Waals surface area (Å²) in [5, 5.41) is 0.598. The van der Waals surface area contributed by atoms with E-state index in [1.54, 1.807) is 12.1 Å². The summed E-state index contributed by atoms with van der Waals surface area (Å²) in [7, 11) is 4.61. The van der Waals surface area contributed by atoms with Crippen molar-refractivity contribution < 1.29 is 19.0 Å². The number of anilines is 1. The second kappa shape index (κ2) is 6.73. The molecule has 0 saturated heterocycles. The van der Waals surface area contributed by atoms with Crippen LogP contribution in [0.1, 0.15) is 39.2 Å². The molecule has 5 nitrogen and oxygen atoms in total. The van der Waals surface area contributed by atoms with Gasteiger partial charge in [0.25, 0.3) is 0 Å². The van der Waals surface area contributed by atoms with Gasteiger partial charge in [0.15, 0.2) is 17.3 Å². The molecule has 0 aliphatic heterocycles. The molecule has 0 bridgehead atoms. The number of benzene rings is 1. The van der Waals surface area contributed by atoms with Crippen molar-refractivity contribution in [3.8, 4) is 17.2 Å². The van der Waals surface area contributed by atoms with Crippen molar-refractivity contribution >= 4 is 22.1 Å². The van der Waals surface area contributed by atoms with E-state index >= 15 is 0 Å². The van der Waals surface area contributed by atoms with Crippen LogP contribution in [0, 0.1) is 0 Å². The van der Waals surface area contributed by atoms with Gasteiger partial charge in [0.2, 0.25) is 5.75 Å². The molecular weight excluding hydrogens is 326 g/mol.